The van der Waals surface area contributed by atoms with Crippen molar-refractivity contribution in [3.63, 3.8) is 0 Å². The van der Waals surface area contributed by atoms with Crippen molar-refractivity contribution in [1.82, 2.24) is 5.32 Å². The maximum absolute atomic E-state index is 11.9. The van der Waals surface area contributed by atoms with Gasteiger partial charge in [0.25, 0.3) is 5.91 Å². The van der Waals surface area contributed by atoms with Crippen molar-refractivity contribution in [2.24, 2.45) is 0 Å². The minimum atomic E-state index is -0.0672. The Kier molecular flexibility index (Phi) is 5.38. The van der Waals surface area contributed by atoms with Crippen molar-refractivity contribution >= 4 is 5.91 Å². The van der Waals surface area contributed by atoms with Crippen LogP contribution in [0.15, 0.2) is 48.5 Å². The van der Waals surface area contributed by atoms with E-state index < -0.39 is 0 Å². The number of hydrogen-bond donors (Lipinski definition) is 1. The van der Waals surface area contributed by atoms with Gasteiger partial charge in [-0.15, -0.1) is 0 Å². The predicted octanol–water partition coefficient (Wildman–Crippen LogP) is 3.37. The molecule has 0 spiro atoms. The molecule has 0 fully saturated rings. The van der Waals surface area contributed by atoms with Crippen molar-refractivity contribution < 1.29 is 9.53 Å². The molecule has 2 rings (SSSR count). The second-order valence-corrected chi connectivity index (χ2v) is 4.93. The van der Waals surface area contributed by atoms with E-state index in [1.807, 2.05) is 49.4 Å². The Morgan fingerprint density at radius 1 is 1.10 bits per heavy atom. The third kappa shape index (κ3) is 4.35. The second-order valence-electron chi connectivity index (χ2n) is 4.93. The summed E-state index contributed by atoms with van der Waals surface area (Å²) in [7, 11) is 0. The molecule has 21 heavy (non-hydrogen) atoms. The van der Waals surface area contributed by atoms with Gasteiger partial charge in [0.15, 0.2) is 0 Å². The van der Waals surface area contributed by atoms with Crippen molar-refractivity contribution in [2.75, 3.05) is 13.2 Å². The van der Waals surface area contributed by atoms with E-state index in [1.54, 1.807) is 0 Å². The fourth-order valence-corrected chi connectivity index (χ4v) is 2.07. The number of amides is 1. The lowest BCUT2D eigenvalue weighted by molar-refractivity contribution is 0.0947. The zero-order valence-corrected chi connectivity index (χ0v) is 12.6. The summed E-state index contributed by atoms with van der Waals surface area (Å²) < 4.78 is 5.72. The number of carbonyl (C=O) groups is 1. The average molecular weight is 283 g/mol. The van der Waals surface area contributed by atoms with E-state index in [0.29, 0.717) is 18.7 Å². The third-order valence-corrected chi connectivity index (χ3v) is 3.31. The molecule has 0 unspecified atom stereocenters. The van der Waals surface area contributed by atoms with Gasteiger partial charge in [-0.2, -0.15) is 0 Å². The number of nitrogens with one attached hydrogen (secondary N) is 1. The highest BCUT2D eigenvalue weighted by Crippen LogP contribution is 2.17. The van der Waals surface area contributed by atoms with Crippen molar-refractivity contribution in [3.05, 3.63) is 65.2 Å². The molecule has 1 amide bonds. The lowest BCUT2D eigenvalue weighted by atomic mass is 10.1. The molecular formula is C18H21NO2. The lowest BCUT2D eigenvalue weighted by Gasteiger charge is -2.11. The molecule has 2 aromatic rings. The standard InChI is InChI=1S/C18H21NO2/c1-3-15-6-4-5-7-17(15)21-13-12-19-18(20)16-10-8-14(2)9-11-16/h4-11H,3,12-13H2,1-2H3,(H,19,20). The molecule has 0 aliphatic carbocycles. The zero-order chi connectivity index (χ0) is 15.1. The van der Waals surface area contributed by atoms with Gasteiger partial charge in [0.05, 0.1) is 6.54 Å². The van der Waals surface area contributed by atoms with Gasteiger partial charge in [-0.3, -0.25) is 4.79 Å². The maximum atomic E-state index is 11.9. The van der Waals surface area contributed by atoms with E-state index in [0.717, 1.165) is 17.7 Å². The zero-order valence-electron chi connectivity index (χ0n) is 12.6. The summed E-state index contributed by atoms with van der Waals surface area (Å²) in [6.45, 7) is 5.06. The SMILES string of the molecule is CCc1ccccc1OCCNC(=O)c1ccc(C)cc1. The number of hydrogen-bond acceptors (Lipinski definition) is 2. The third-order valence-electron chi connectivity index (χ3n) is 3.31. The highest BCUT2D eigenvalue weighted by atomic mass is 16.5. The molecule has 0 aliphatic heterocycles. The van der Waals surface area contributed by atoms with Crippen LogP contribution in [0.4, 0.5) is 0 Å². The summed E-state index contributed by atoms with van der Waals surface area (Å²) in [5, 5.41) is 2.86. The molecule has 0 aromatic heterocycles. The minimum Gasteiger partial charge on any atom is -0.491 e. The van der Waals surface area contributed by atoms with Crippen molar-refractivity contribution in [1.29, 1.82) is 0 Å². The van der Waals surface area contributed by atoms with Crippen LogP contribution in [0, 0.1) is 6.92 Å². The molecule has 0 aliphatic rings. The fourth-order valence-electron chi connectivity index (χ4n) is 2.07. The van der Waals surface area contributed by atoms with Crippen LogP contribution in [0.1, 0.15) is 28.4 Å². The highest BCUT2D eigenvalue weighted by Gasteiger charge is 2.04. The van der Waals surface area contributed by atoms with E-state index in [-0.39, 0.29) is 5.91 Å². The van der Waals surface area contributed by atoms with Crippen molar-refractivity contribution in [3.8, 4) is 5.75 Å². The second kappa shape index (κ2) is 7.48. The molecule has 110 valence electrons. The molecule has 0 atom stereocenters. The molecule has 0 heterocycles. The Hall–Kier alpha value is -2.29. The Bertz CT molecular complexity index is 590. The molecule has 1 N–H and O–H groups in total. The first-order chi connectivity index (χ1) is 10.2. The van der Waals surface area contributed by atoms with Gasteiger partial charge >= 0.3 is 0 Å². The Morgan fingerprint density at radius 2 is 1.81 bits per heavy atom. The van der Waals surface area contributed by atoms with Gasteiger partial charge in [-0.25, -0.2) is 0 Å². The highest BCUT2D eigenvalue weighted by molar-refractivity contribution is 5.94. The molecule has 0 saturated heterocycles. The summed E-state index contributed by atoms with van der Waals surface area (Å²) in [4.78, 5) is 11.9. The van der Waals surface area contributed by atoms with Gasteiger partial charge in [-0.05, 0) is 37.1 Å². The number of aryl methyl sites for hydroxylation is 2. The number of benzene rings is 2. The van der Waals surface area contributed by atoms with E-state index >= 15 is 0 Å². The number of para-hydroxylation sites is 1. The molecule has 3 nitrogen and oxygen atoms in total. The molecule has 0 saturated carbocycles. The number of ether oxygens (including phenoxy) is 1. The Balaban J connectivity index is 1.79. The summed E-state index contributed by atoms with van der Waals surface area (Å²) in [6, 6.07) is 15.5. The van der Waals surface area contributed by atoms with Crippen LogP contribution in [0.2, 0.25) is 0 Å². The molecule has 0 bridgehead atoms. The van der Waals surface area contributed by atoms with Crippen LogP contribution >= 0.6 is 0 Å². The Morgan fingerprint density at radius 3 is 2.52 bits per heavy atom. The van der Waals surface area contributed by atoms with Crippen LogP contribution in [0.25, 0.3) is 0 Å². The average Bonchev–Trinajstić information content (AvgIpc) is 2.52. The van der Waals surface area contributed by atoms with E-state index in [2.05, 4.69) is 18.3 Å². The van der Waals surface area contributed by atoms with E-state index in [9.17, 15) is 4.79 Å². The minimum absolute atomic E-state index is 0.0672. The summed E-state index contributed by atoms with van der Waals surface area (Å²) in [5.41, 5.74) is 3.00. The first-order valence-corrected chi connectivity index (χ1v) is 7.26. The van der Waals surface area contributed by atoms with Gasteiger partial charge in [0.1, 0.15) is 12.4 Å². The van der Waals surface area contributed by atoms with Crippen LogP contribution in [-0.2, 0) is 6.42 Å². The predicted molar refractivity (Wildman–Crippen MR) is 84.8 cm³/mol. The fraction of sp³-hybridized carbons (Fsp3) is 0.278. The van der Waals surface area contributed by atoms with E-state index in [1.165, 1.54) is 5.56 Å². The lowest BCUT2D eigenvalue weighted by Crippen LogP contribution is -2.28. The normalized spacial score (nSPS) is 10.2. The van der Waals surface area contributed by atoms with Crippen LogP contribution in [0.5, 0.6) is 5.75 Å². The van der Waals surface area contributed by atoms with Gasteiger partial charge in [0, 0.05) is 5.56 Å². The van der Waals surface area contributed by atoms with Gasteiger partial charge in [-0.1, -0.05) is 42.8 Å². The van der Waals surface area contributed by atoms with Gasteiger partial charge < -0.3 is 10.1 Å². The summed E-state index contributed by atoms with van der Waals surface area (Å²) in [6.07, 6.45) is 0.936. The summed E-state index contributed by atoms with van der Waals surface area (Å²) >= 11 is 0. The summed E-state index contributed by atoms with van der Waals surface area (Å²) in [5.74, 6) is 0.826. The first-order valence-electron chi connectivity index (χ1n) is 7.26. The number of carbonyl (C=O) groups excluding carboxylic acids is 1. The molecule has 0 radical (unpaired) electrons. The molecule has 3 heteroatoms. The first kappa shape index (κ1) is 15.1. The van der Waals surface area contributed by atoms with E-state index in [4.69, 9.17) is 4.74 Å². The monoisotopic (exact) mass is 283 g/mol. The van der Waals surface area contributed by atoms with Crippen LogP contribution in [0.3, 0.4) is 0 Å². The number of rotatable bonds is 6. The quantitative estimate of drug-likeness (QED) is 0.825. The smallest absolute Gasteiger partial charge is 0.251 e. The van der Waals surface area contributed by atoms with Crippen LogP contribution < -0.4 is 10.1 Å². The topological polar surface area (TPSA) is 38.3 Å². The maximum Gasteiger partial charge on any atom is 0.251 e. The van der Waals surface area contributed by atoms with Crippen LogP contribution in [-0.4, -0.2) is 19.1 Å². The van der Waals surface area contributed by atoms with Gasteiger partial charge in [0.2, 0.25) is 0 Å². The van der Waals surface area contributed by atoms with Crippen molar-refractivity contribution in [2.45, 2.75) is 20.3 Å². The molecule has 2 aromatic carbocycles. The largest absolute Gasteiger partial charge is 0.491 e. The molecular weight excluding hydrogens is 262 g/mol. The Labute approximate surface area is 126 Å².